The second kappa shape index (κ2) is 3.59. The molecule has 5 nitrogen and oxygen atoms in total. The summed E-state index contributed by atoms with van der Waals surface area (Å²) in [5.41, 5.74) is 3.85. The summed E-state index contributed by atoms with van der Waals surface area (Å²) in [5, 5.41) is -0.0221. The van der Waals surface area contributed by atoms with Crippen molar-refractivity contribution in [1.82, 2.24) is 9.55 Å². The van der Waals surface area contributed by atoms with Crippen molar-refractivity contribution >= 4 is 11.6 Å². The van der Waals surface area contributed by atoms with Crippen LogP contribution in [0.15, 0.2) is 15.8 Å². The van der Waals surface area contributed by atoms with Crippen molar-refractivity contribution in [3.63, 3.8) is 0 Å². The van der Waals surface area contributed by atoms with Gasteiger partial charge in [0.25, 0.3) is 5.56 Å². The third-order valence-corrected chi connectivity index (χ3v) is 2.32. The van der Waals surface area contributed by atoms with E-state index in [2.05, 4.69) is 4.98 Å². The molecule has 6 heteroatoms. The molecule has 0 amide bonds. The van der Waals surface area contributed by atoms with E-state index in [1.807, 2.05) is 0 Å². The molecule has 0 radical (unpaired) electrons. The molecule has 1 aromatic rings. The largest absolute Gasteiger partial charge is 0.328 e. The molecule has 1 rings (SSSR count). The van der Waals surface area contributed by atoms with Crippen LogP contribution >= 0.6 is 11.6 Å². The van der Waals surface area contributed by atoms with E-state index in [0.29, 0.717) is 0 Å². The first-order valence-corrected chi connectivity index (χ1v) is 4.48. The predicted octanol–water partition coefficient (Wildman–Crippen LogP) is -0.116. The summed E-state index contributed by atoms with van der Waals surface area (Å²) in [6, 6.07) is 0. The van der Waals surface area contributed by atoms with Gasteiger partial charge < -0.3 is 5.73 Å². The van der Waals surface area contributed by atoms with E-state index in [1.54, 1.807) is 13.8 Å². The van der Waals surface area contributed by atoms with Crippen LogP contribution in [0.5, 0.6) is 0 Å². The van der Waals surface area contributed by atoms with Crippen LogP contribution in [0.25, 0.3) is 0 Å². The molecule has 1 heterocycles. The van der Waals surface area contributed by atoms with Crippen molar-refractivity contribution in [2.45, 2.75) is 19.4 Å². The molecule has 0 fully saturated rings. The van der Waals surface area contributed by atoms with Gasteiger partial charge in [0.05, 0.1) is 5.54 Å². The summed E-state index contributed by atoms with van der Waals surface area (Å²) in [4.78, 5) is 24.5. The Labute approximate surface area is 85.5 Å². The number of aromatic amines is 1. The molecule has 0 saturated carbocycles. The van der Waals surface area contributed by atoms with Gasteiger partial charge in [-0.3, -0.25) is 14.3 Å². The van der Waals surface area contributed by atoms with Crippen LogP contribution in [0.1, 0.15) is 13.8 Å². The highest BCUT2D eigenvalue weighted by Gasteiger charge is 2.20. The van der Waals surface area contributed by atoms with Gasteiger partial charge in [0.15, 0.2) is 0 Å². The van der Waals surface area contributed by atoms with Crippen LogP contribution < -0.4 is 17.0 Å². The molecule has 0 aliphatic heterocycles. The molecule has 1 aromatic heterocycles. The summed E-state index contributed by atoms with van der Waals surface area (Å²) in [6.45, 7) is 3.83. The Hall–Kier alpha value is -1.07. The fraction of sp³-hybridized carbons (Fsp3) is 0.500. The monoisotopic (exact) mass is 217 g/mol. The van der Waals surface area contributed by atoms with E-state index in [4.69, 9.17) is 17.3 Å². The second-order valence-corrected chi connectivity index (χ2v) is 4.03. The minimum absolute atomic E-state index is 0.0221. The predicted molar refractivity (Wildman–Crippen MR) is 54.7 cm³/mol. The van der Waals surface area contributed by atoms with Gasteiger partial charge in [-0.05, 0) is 13.8 Å². The number of hydrogen-bond donors (Lipinski definition) is 2. The maximum atomic E-state index is 11.4. The standard InChI is InChI=1S/C8H12ClN3O2/c1-8(2,4-10)12-3-5(9)6(13)11-7(12)14/h3H,4,10H2,1-2H3,(H,11,13,14). The van der Waals surface area contributed by atoms with Crippen LogP contribution in [0.2, 0.25) is 5.02 Å². The zero-order valence-corrected chi connectivity index (χ0v) is 8.76. The van der Waals surface area contributed by atoms with Gasteiger partial charge in [-0.2, -0.15) is 0 Å². The zero-order valence-electron chi connectivity index (χ0n) is 8.00. The van der Waals surface area contributed by atoms with Gasteiger partial charge in [0, 0.05) is 12.7 Å². The molecule has 0 aliphatic carbocycles. The molecule has 0 saturated heterocycles. The smallest absolute Gasteiger partial charge is 0.328 e. The van der Waals surface area contributed by atoms with Crippen LogP contribution in [0.4, 0.5) is 0 Å². The molecule has 78 valence electrons. The summed E-state index contributed by atoms with van der Waals surface area (Å²) in [6.07, 6.45) is 1.30. The number of rotatable bonds is 2. The highest BCUT2D eigenvalue weighted by Crippen LogP contribution is 2.10. The lowest BCUT2D eigenvalue weighted by atomic mass is 10.1. The lowest BCUT2D eigenvalue weighted by Gasteiger charge is -2.25. The Balaban J connectivity index is 3.45. The summed E-state index contributed by atoms with van der Waals surface area (Å²) in [5.74, 6) is 0. The van der Waals surface area contributed by atoms with Crippen molar-refractivity contribution in [3.8, 4) is 0 Å². The van der Waals surface area contributed by atoms with Crippen molar-refractivity contribution in [2.24, 2.45) is 5.73 Å². The van der Waals surface area contributed by atoms with Gasteiger partial charge in [-0.15, -0.1) is 0 Å². The number of H-pyrrole nitrogens is 1. The summed E-state index contributed by atoms with van der Waals surface area (Å²) < 4.78 is 1.32. The quantitative estimate of drug-likeness (QED) is 0.725. The first-order chi connectivity index (χ1) is 6.38. The molecule has 0 atom stereocenters. The number of aromatic nitrogens is 2. The summed E-state index contributed by atoms with van der Waals surface area (Å²) >= 11 is 5.60. The van der Waals surface area contributed by atoms with Crippen molar-refractivity contribution in [3.05, 3.63) is 32.1 Å². The Kier molecular flexibility index (Phi) is 2.82. The molecule has 3 N–H and O–H groups in total. The highest BCUT2D eigenvalue weighted by molar-refractivity contribution is 6.30. The summed E-state index contributed by atoms with van der Waals surface area (Å²) in [7, 11) is 0. The highest BCUT2D eigenvalue weighted by atomic mass is 35.5. The Bertz CT molecular complexity index is 447. The zero-order chi connectivity index (χ0) is 10.9. The van der Waals surface area contributed by atoms with Crippen molar-refractivity contribution in [2.75, 3.05) is 6.54 Å². The third-order valence-electron chi connectivity index (χ3n) is 2.05. The molecule has 0 aromatic carbocycles. The minimum Gasteiger partial charge on any atom is -0.328 e. The second-order valence-electron chi connectivity index (χ2n) is 3.62. The average Bonchev–Trinajstić information content (AvgIpc) is 2.11. The first kappa shape index (κ1) is 11.0. The normalized spacial score (nSPS) is 11.7. The van der Waals surface area contributed by atoms with Gasteiger partial charge in [-0.25, -0.2) is 4.79 Å². The van der Waals surface area contributed by atoms with E-state index in [0.717, 1.165) is 0 Å². The van der Waals surface area contributed by atoms with Gasteiger partial charge in [-0.1, -0.05) is 11.6 Å². The minimum atomic E-state index is -0.583. The van der Waals surface area contributed by atoms with E-state index in [1.165, 1.54) is 10.8 Å². The van der Waals surface area contributed by atoms with E-state index >= 15 is 0 Å². The Morgan fingerprint density at radius 3 is 2.64 bits per heavy atom. The van der Waals surface area contributed by atoms with Crippen LogP contribution in [0, 0.1) is 0 Å². The number of nitrogens with two attached hydrogens (primary N) is 1. The maximum Gasteiger partial charge on any atom is 0.328 e. The SMILES string of the molecule is CC(C)(CN)n1cc(Cl)c(=O)[nH]c1=O. The number of nitrogens with one attached hydrogen (secondary N) is 1. The van der Waals surface area contributed by atoms with Crippen molar-refractivity contribution in [1.29, 1.82) is 0 Å². The van der Waals surface area contributed by atoms with Crippen LogP contribution in [-0.4, -0.2) is 16.1 Å². The Morgan fingerprint density at radius 1 is 1.57 bits per heavy atom. The lowest BCUT2D eigenvalue weighted by Crippen LogP contribution is -2.44. The Morgan fingerprint density at radius 2 is 2.14 bits per heavy atom. The molecule has 14 heavy (non-hydrogen) atoms. The number of halogens is 1. The van der Waals surface area contributed by atoms with E-state index in [-0.39, 0.29) is 11.6 Å². The molecule has 0 unspecified atom stereocenters. The molecule has 0 spiro atoms. The fourth-order valence-electron chi connectivity index (χ4n) is 0.996. The topological polar surface area (TPSA) is 80.9 Å². The van der Waals surface area contributed by atoms with E-state index in [9.17, 15) is 9.59 Å². The number of nitrogens with zero attached hydrogens (tertiary/aromatic N) is 1. The third kappa shape index (κ3) is 1.88. The van der Waals surface area contributed by atoms with Gasteiger partial charge >= 0.3 is 5.69 Å². The van der Waals surface area contributed by atoms with Crippen LogP contribution in [-0.2, 0) is 5.54 Å². The average molecular weight is 218 g/mol. The molecule has 0 bridgehead atoms. The number of hydrogen-bond acceptors (Lipinski definition) is 3. The molecular formula is C8H12ClN3O2. The fourth-order valence-corrected chi connectivity index (χ4v) is 1.14. The van der Waals surface area contributed by atoms with Crippen molar-refractivity contribution < 1.29 is 0 Å². The molecular weight excluding hydrogens is 206 g/mol. The molecule has 0 aliphatic rings. The van der Waals surface area contributed by atoms with Gasteiger partial charge in [0.2, 0.25) is 0 Å². The first-order valence-electron chi connectivity index (χ1n) is 4.10. The van der Waals surface area contributed by atoms with Gasteiger partial charge in [0.1, 0.15) is 5.02 Å². The van der Waals surface area contributed by atoms with Crippen LogP contribution in [0.3, 0.4) is 0 Å². The maximum absolute atomic E-state index is 11.4. The van der Waals surface area contributed by atoms with E-state index < -0.39 is 16.8 Å². The lowest BCUT2D eigenvalue weighted by molar-refractivity contribution is 0.349.